The highest BCUT2D eigenvalue weighted by Gasteiger charge is 2.23. The third-order valence-corrected chi connectivity index (χ3v) is 3.01. The molecular formula is C10H12N6O. The van der Waals surface area contributed by atoms with Crippen LogP contribution in [0, 0.1) is 5.41 Å². The van der Waals surface area contributed by atoms with Gasteiger partial charge in [-0.2, -0.15) is 14.7 Å². The van der Waals surface area contributed by atoms with Gasteiger partial charge in [-0.05, 0) is 25.7 Å². The summed E-state index contributed by atoms with van der Waals surface area (Å²) in [6.07, 6.45) is 3.68. The number of rotatable bonds is 0. The molecule has 1 aliphatic carbocycles. The van der Waals surface area contributed by atoms with Gasteiger partial charge >= 0.3 is 0 Å². The first-order chi connectivity index (χ1) is 8.16. The van der Waals surface area contributed by atoms with Gasteiger partial charge in [0.1, 0.15) is 0 Å². The Hall–Kier alpha value is -2.18. The molecule has 0 aromatic rings. The van der Waals surface area contributed by atoms with Crippen molar-refractivity contribution in [1.82, 2.24) is 19.7 Å². The molecule has 0 saturated carbocycles. The quantitative estimate of drug-likeness (QED) is 0.551. The lowest BCUT2D eigenvalue weighted by Gasteiger charge is -2.20. The van der Waals surface area contributed by atoms with E-state index in [0.717, 1.165) is 41.8 Å². The van der Waals surface area contributed by atoms with E-state index in [9.17, 15) is 5.21 Å². The van der Waals surface area contributed by atoms with E-state index in [2.05, 4.69) is 15.0 Å². The molecule has 0 radical (unpaired) electrons. The van der Waals surface area contributed by atoms with E-state index in [1.54, 1.807) is 0 Å². The lowest BCUT2D eigenvalue weighted by atomic mass is 10.00. The van der Waals surface area contributed by atoms with Crippen LogP contribution in [-0.2, 0) is 12.8 Å². The Morgan fingerprint density at radius 1 is 1.18 bits per heavy atom. The fourth-order valence-corrected chi connectivity index (χ4v) is 2.20. The molecule has 17 heavy (non-hydrogen) atoms. The van der Waals surface area contributed by atoms with Gasteiger partial charge in [-0.15, -0.1) is 0 Å². The van der Waals surface area contributed by atoms with Crippen LogP contribution < -0.4 is 11.4 Å². The number of hydrogen-bond donors (Lipinski definition) is 3. The van der Waals surface area contributed by atoms with Crippen molar-refractivity contribution < 1.29 is 5.21 Å². The summed E-state index contributed by atoms with van der Waals surface area (Å²) in [5.41, 5.74) is 7.46. The number of hydrogen-bond acceptors (Lipinski definition) is 6. The summed E-state index contributed by atoms with van der Waals surface area (Å²) in [5.74, 6) is 0.347. The van der Waals surface area contributed by atoms with Crippen molar-refractivity contribution in [2.24, 2.45) is 0 Å². The summed E-state index contributed by atoms with van der Waals surface area (Å²) in [5, 5.41) is 17.5. The van der Waals surface area contributed by atoms with Gasteiger partial charge in [0, 0.05) is 0 Å². The molecule has 2 heterocycles. The van der Waals surface area contributed by atoms with Crippen LogP contribution in [0.25, 0.3) is 11.5 Å². The number of nitrogen functional groups attached to an aromatic ring is 1. The summed E-state index contributed by atoms with van der Waals surface area (Å²) >= 11 is 0. The molecule has 3 aliphatic rings. The molecule has 88 valence electrons. The molecular weight excluding hydrogens is 220 g/mol. The van der Waals surface area contributed by atoms with Crippen molar-refractivity contribution in [3.63, 3.8) is 0 Å². The fraction of sp³-hybridized carbons (Fsp3) is 0.400. The number of fused-ring (bicyclic) bond motifs is 2. The van der Waals surface area contributed by atoms with Crippen molar-refractivity contribution in [2.45, 2.75) is 25.7 Å². The maximum atomic E-state index is 10.1. The van der Waals surface area contributed by atoms with Crippen LogP contribution in [0.1, 0.15) is 24.2 Å². The number of aromatic nitrogens is 4. The fourth-order valence-electron chi connectivity index (χ4n) is 2.20. The molecule has 0 spiro atoms. The van der Waals surface area contributed by atoms with Gasteiger partial charge in [-0.25, -0.2) is 4.98 Å². The van der Waals surface area contributed by atoms with E-state index < -0.39 is 0 Å². The zero-order valence-electron chi connectivity index (χ0n) is 9.14. The van der Waals surface area contributed by atoms with Crippen molar-refractivity contribution in [2.75, 3.05) is 5.73 Å². The highest BCUT2D eigenvalue weighted by molar-refractivity contribution is 5.64. The summed E-state index contributed by atoms with van der Waals surface area (Å²) in [7, 11) is 0. The van der Waals surface area contributed by atoms with Gasteiger partial charge in [0.05, 0.1) is 11.4 Å². The molecule has 4 N–H and O–H groups in total. The second-order valence-corrected chi connectivity index (χ2v) is 4.13. The van der Waals surface area contributed by atoms with Crippen LogP contribution in [0.15, 0.2) is 0 Å². The SMILES string of the molecule is N=c1nc(N)c2nc3c(n(O)c-2n1)CCCC3. The van der Waals surface area contributed by atoms with Crippen LogP contribution in [0.5, 0.6) is 0 Å². The highest BCUT2D eigenvalue weighted by Crippen LogP contribution is 2.27. The number of aryl methyl sites for hydroxylation is 1. The third-order valence-electron chi connectivity index (χ3n) is 3.01. The van der Waals surface area contributed by atoms with Gasteiger partial charge in [-0.1, -0.05) is 0 Å². The molecule has 0 amide bonds. The average molecular weight is 232 g/mol. The molecule has 2 aliphatic heterocycles. The molecule has 0 aromatic carbocycles. The molecule has 0 fully saturated rings. The molecule has 0 aromatic heterocycles. The Labute approximate surface area is 96.8 Å². The van der Waals surface area contributed by atoms with Gasteiger partial charge in [-0.3, -0.25) is 5.41 Å². The average Bonchev–Trinajstić information content (AvgIpc) is 2.31. The lowest BCUT2D eigenvalue weighted by Crippen LogP contribution is -2.24. The standard InChI is InChI=1S/C10H12N6O/c11-8-7-9(15-10(12)14-8)16(17)6-4-2-1-3-5(6)13-7/h17H,1-4H2,(H3,11,12,14). The van der Waals surface area contributed by atoms with Crippen LogP contribution in [0.3, 0.4) is 0 Å². The Bertz CT molecular complexity index is 619. The van der Waals surface area contributed by atoms with E-state index in [4.69, 9.17) is 11.1 Å². The topological polar surface area (TPSA) is 114 Å². The first-order valence-corrected chi connectivity index (χ1v) is 5.48. The second kappa shape index (κ2) is 3.41. The van der Waals surface area contributed by atoms with Crippen molar-refractivity contribution in [3.8, 4) is 11.5 Å². The van der Waals surface area contributed by atoms with E-state index in [0.29, 0.717) is 5.69 Å². The number of anilines is 1. The minimum absolute atomic E-state index is 0.135. The predicted octanol–water partition coefficient (Wildman–Crippen LogP) is -0.0443. The second-order valence-electron chi connectivity index (χ2n) is 4.13. The van der Waals surface area contributed by atoms with E-state index in [-0.39, 0.29) is 17.3 Å². The summed E-state index contributed by atoms with van der Waals surface area (Å²) in [6, 6.07) is 0. The van der Waals surface area contributed by atoms with Crippen molar-refractivity contribution >= 4 is 5.82 Å². The zero-order valence-corrected chi connectivity index (χ0v) is 9.14. The molecule has 3 rings (SSSR count). The van der Waals surface area contributed by atoms with Crippen LogP contribution in [0.2, 0.25) is 0 Å². The highest BCUT2D eigenvalue weighted by atomic mass is 16.5. The van der Waals surface area contributed by atoms with Crippen molar-refractivity contribution in [1.29, 1.82) is 5.41 Å². The first kappa shape index (κ1) is 10.0. The number of nitrogens with zero attached hydrogens (tertiary/aromatic N) is 4. The first-order valence-electron chi connectivity index (χ1n) is 5.48. The minimum atomic E-state index is -0.213. The molecule has 0 atom stereocenters. The normalized spacial score (nSPS) is 14.8. The summed E-state index contributed by atoms with van der Waals surface area (Å²) < 4.78 is 1.01. The smallest absolute Gasteiger partial charge is 0.246 e. The largest absolute Gasteiger partial charge is 0.427 e. The Morgan fingerprint density at radius 3 is 2.76 bits per heavy atom. The summed E-state index contributed by atoms with van der Waals surface area (Å²) in [4.78, 5) is 12.0. The third kappa shape index (κ3) is 1.42. The molecule has 7 nitrogen and oxygen atoms in total. The maximum Gasteiger partial charge on any atom is 0.246 e. The van der Waals surface area contributed by atoms with Gasteiger partial charge in [0.25, 0.3) is 0 Å². The van der Waals surface area contributed by atoms with E-state index in [1.807, 2.05) is 0 Å². The minimum Gasteiger partial charge on any atom is -0.427 e. The molecule has 7 heteroatoms. The van der Waals surface area contributed by atoms with E-state index >= 15 is 0 Å². The Morgan fingerprint density at radius 2 is 1.94 bits per heavy atom. The molecule has 0 bridgehead atoms. The van der Waals surface area contributed by atoms with Crippen LogP contribution in [0.4, 0.5) is 5.82 Å². The van der Waals surface area contributed by atoms with Crippen LogP contribution in [-0.4, -0.2) is 24.9 Å². The Balaban J connectivity index is 2.40. The van der Waals surface area contributed by atoms with Gasteiger partial charge in [0.2, 0.25) is 11.4 Å². The zero-order chi connectivity index (χ0) is 12.0. The maximum absolute atomic E-state index is 10.1. The molecule has 0 saturated heterocycles. The lowest BCUT2D eigenvalue weighted by molar-refractivity contribution is 0.171. The number of nitrogens with one attached hydrogen (secondary N) is 1. The van der Waals surface area contributed by atoms with Crippen molar-refractivity contribution in [3.05, 3.63) is 17.0 Å². The van der Waals surface area contributed by atoms with E-state index in [1.165, 1.54) is 0 Å². The van der Waals surface area contributed by atoms with Gasteiger partial charge in [0.15, 0.2) is 11.5 Å². The molecule has 0 unspecified atom stereocenters. The van der Waals surface area contributed by atoms with Gasteiger partial charge < -0.3 is 10.9 Å². The Kier molecular flexibility index (Phi) is 2.01. The number of nitrogens with two attached hydrogens (primary N) is 1. The predicted molar refractivity (Wildman–Crippen MR) is 58.5 cm³/mol. The summed E-state index contributed by atoms with van der Waals surface area (Å²) in [6.45, 7) is 0. The monoisotopic (exact) mass is 232 g/mol. The van der Waals surface area contributed by atoms with Crippen LogP contribution >= 0.6 is 0 Å².